The molecule has 2 aliphatic heterocycles. The molecule has 0 saturated carbocycles. The molecule has 0 spiro atoms. The number of primary amides is 1. The number of nitriles is 1. The van der Waals surface area contributed by atoms with E-state index in [4.69, 9.17) is 15.1 Å². The number of benzene rings is 1. The Bertz CT molecular complexity index is 1150. The van der Waals surface area contributed by atoms with E-state index in [1.165, 1.54) is 29.0 Å². The number of anilines is 2. The molecular weight excluding hydrogens is 446 g/mol. The van der Waals surface area contributed by atoms with Crippen LogP contribution in [-0.2, 0) is 4.74 Å². The molecule has 3 heterocycles. The van der Waals surface area contributed by atoms with Crippen molar-refractivity contribution in [2.45, 2.75) is 18.8 Å². The van der Waals surface area contributed by atoms with Gasteiger partial charge < -0.3 is 30.2 Å². The second-order valence-corrected chi connectivity index (χ2v) is 7.34. The van der Waals surface area contributed by atoms with Crippen molar-refractivity contribution in [2.75, 3.05) is 18.5 Å². The number of nitrogens with one attached hydrogen (secondary N) is 1. The summed E-state index contributed by atoms with van der Waals surface area (Å²) in [5, 5.41) is 26.1. The number of halogens is 3. The van der Waals surface area contributed by atoms with Crippen molar-refractivity contribution in [3.8, 4) is 17.6 Å². The van der Waals surface area contributed by atoms with Crippen LogP contribution in [-0.4, -0.2) is 47.4 Å². The molecule has 0 aliphatic carbocycles. The average Bonchev–Trinajstić information content (AvgIpc) is 3.17. The Morgan fingerprint density at radius 3 is 2.94 bits per heavy atom. The van der Waals surface area contributed by atoms with E-state index in [9.17, 15) is 28.3 Å². The third-order valence-corrected chi connectivity index (χ3v) is 5.08. The van der Waals surface area contributed by atoms with E-state index in [2.05, 4.69) is 21.2 Å². The number of amides is 1. The van der Waals surface area contributed by atoms with E-state index < -0.39 is 37.1 Å². The van der Waals surface area contributed by atoms with Crippen LogP contribution in [0.2, 0.25) is 0 Å². The number of nitrogens with two attached hydrogens (primary N) is 1. The topological polar surface area (TPSA) is 145 Å². The van der Waals surface area contributed by atoms with E-state index in [-0.39, 0.29) is 35.0 Å². The van der Waals surface area contributed by atoms with Crippen LogP contribution < -0.4 is 20.4 Å². The summed E-state index contributed by atoms with van der Waals surface area (Å²) in [6.07, 6.45) is -1.81. The molecule has 1 aromatic heterocycles. The predicted octanol–water partition coefficient (Wildman–Crippen LogP) is 2.15. The highest BCUT2D eigenvalue weighted by atomic mass is 19.4. The number of aromatic nitrogens is 2. The van der Waals surface area contributed by atoms with Crippen LogP contribution in [0.15, 0.2) is 24.3 Å². The smallest absolute Gasteiger partial charge is 0.530 e. The van der Waals surface area contributed by atoms with Gasteiger partial charge >= 0.3 is 13.5 Å². The molecule has 2 aliphatic rings. The van der Waals surface area contributed by atoms with Gasteiger partial charge in [0.2, 0.25) is 0 Å². The summed E-state index contributed by atoms with van der Waals surface area (Å²) in [7, 11) is -1.44. The number of carbonyl (C=O) groups excluding carboxylic acids is 1. The number of carbonyl (C=O) groups is 1. The number of nitrogens with zero attached hydrogens (tertiary/aromatic N) is 3. The number of fused-ring (bicyclic) bond motifs is 1. The summed E-state index contributed by atoms with van der Waals surface area (Å²) < 4.78 is 54.7. The zero-order valence-corrected chi connectivity index (χ0v) is 16.9. The highest BCUT2D eigenvalue weighted by Gasteiger charge is 2.35. The lowest BCUT2D eigenvalue weighted by Gasteiger charge is -2.27. The summed E-state index contributed by atoms with van der Waals surface area (Å²) in [6, 6.07) is 4.13. The average molecular weight is 463 g/mol. The predicted molar refractivity (Wildman–Crippen MR) is 108 cm³/mol. The van der Waals surface area contributed by atoms with E-state index in [1.807, 2.05) is 0 Å². The summed E-state index contributed by atoms with van der Waals surface area (Å²) >= 11 is 0. The first kappa shape index (κ1) is 22.5. The van der Waals surface area contributed by atoms with Crippen molar-refractivity contribution in [1.29, 1.82) is 5.26 Å². The van der Waals surface area contributed by atoms with Gasteiger partial charge in [0.25, 0.3) is 5.91 Å². The first-order valence-corrected chi connectivity index (χ1v) is 9.74. The first-order valence-electron chi connectivity index (χ1n) is 9.74. The first-order chi connectivity index (χ1) is 15.6. The third kappa shape index (κ3) is 4.89. The SMILES string of the molecule is N#C[C@H]1CCOC[C@@H]1n1cc(C(N)=O)c(Nc2cc3c(c(OC(F)(F)F)c2)OB(O)C=C3)n1. The molecule has 2 aromatic rings. The van der Waals surface area contributed by atoms with Crippen LogP contribution in [0.4, 0.5) is 24.7 Å². The molecule has 4 N–H and O–H groups in total. The molecule has 0 bridgehead atoms. The maximum atomic E-state index is 12.9. The van der Waals surface area contributed by atoms with E-state index >= 15 is 0 Å². The summed E-state index contributed by atoms with van der Waals surface area (Å²) in [4.78, 5) is 12.0. The molecular formula is C19H17BF3N5O5. The van der Waals surface area contributed by atoms with Gasteiger partial charge in [-0.15, -0.1) is 13.2 Å². The molecule has 1 aromatic carbocycles. The minimum absolute atomic E-state index is 0.0246. The van der Waals surface area contributed by atoms with Crippen LogP contribution in [0.1, 0.15) is 28.4 Å². The minimum atomic E-state index is -5.02. The molecule has 1 amide bonds. The van der Waals surface area contributed by atoms with Crippen LogP contribution in [0.5, 0.6) is 11.5 Å². The van der Waals surface area contributed by atoms with Crippen LogP contribution >= 0.6 is 0 Å². The Hall–Kier alpha value is -3.70. The lowest BCUT2D eigenvalue weighted by Crippen LogP contribution is -2.29. The highest BCUT2D eigenvalue weighted by molar-refractivity contribution is 6.51. The molecule has 33 heavy (non-hydrogen) atoms. The fraction of sp³-hybridized carbons (Fsp3) is 0.316. The molecule has 0 unspecified atom stereocenters. The quantitative estimate of drug-likeness (QED) is 0.573. The number of ether oxygens (including phenoxy) is 2. The van der Waals surface area contributed by atoms with Gasteiger partial charge in [0.05, 0.1) is 24.6 Å². The van der Waals surface area contributed by atoms with Gasteiger partial charge in [-0.25, -0.2) is 0 Å². The van der Waals surface area contributed by atoms with E-state index in [1.54, 1.807) is 0 Å². The van der Waals surface area contributed by atoms with E-state index in [0.717, 1.165) is 6.07 Å². The molecule has 4 rings (SSSR count). The zero-order chi connectivity index (χ0) is 23.8. The third-order valence-electron chi connectivity index (χ3n) is 5.08. The lowest BCUT2D eigenvalue weighted by molar-refractivity contribution is -0.275. The maximum absolute atomic E-state index is 12.9. The monoisotopic (exact) mass is 463 g/mol. The molecule has 10 nitrogen and oxygen atoms in total. The summed E-state index contributed by atoms with van der Waals surface area (Å²) in [6.45, 7) is 0.621. The standard InChI is InChI=1S/C19H17BF3N5O5/c21-19(22,23)32-15-6-12(5-10-1-3-20(30)33-16(10)15)26-18-13(17(25)29)8-28(27-18)14-9-31-4-2-11(14)7-24/h1,3,5-6,8,11,14,30H,2,4,9H2,(H2,25,29)(H,26,27)/t11-,14+/m1/s1. The number of rotatable bonds is 5. The van der Waals surface area contributed by atoms with Crippen molar-refractivity contribution in [1.82, 2.24) is 9.78 Å². The molecule has 1 saturated heterocycles. The minimum Gasteiger partial charge on any atom is -0.530 e. The second kappa shape index (κ2) is 8.68. The van der Waals surface area contributed by atoms with Gasteiger partial charge in [-0.2, -0.15) is 10.4 Å². The molecule has 0 radical (unpaired) electrons. The molecule has 14 heteroatoms. The van der Waals surface area contributed by atoms with Crippen molar-refractivity contribution in [2.24, 2.45) is 11.7 Å². The fourth-order valence-corrected chi connectivity index (χ4v) is 3.60. The van der Waals surface area contributed by atoms with Gasteiger partial charge in [-0.05, 0) is 18.5 Å². The Kier molecular flexibility index (Phi) is 5.92. The van der Waals surface area contributed by atoms with Crippen molar-refractivity contribution >= 4 is 30.6 Å². The number of hydrogen-bond donors (Lipinski definition) is 3. The van der Waals surface area contributed by atoms with Gasteiger partial charge in [-0.1, -0.05) is 6.08 Å². The normalized spacial score (nSPS) is 19.9. The summed E-state index contributed by atoms with van der Waals surface area (Å²) in [5.74, 6) is -1.02. The van der Waals surface area contributed by atoms with Gasteiger partial charge in [0, 0.05) is 30.1 Å². The largest absolute Gasteiger partial charge is 0.573 e. The van der Waals surface area contributed by atoms with Crippen LogP contribution in [0.25, 0.3) is 6.08 Å². The number of alkyl halides is 3. The van der Waals surface area contributed by atoms with Gasteiger partial charge in [-0.3, -0.25) is 9.48 Å². The van der Waals surface area contributed by atoms with Crippen LogP contribution in [0, 0.1) is 17.2 Å². The molecule has 1 fully saturated rings. The maximum Gasteiger partial charge on any atom is 0.573 e. The second-order valence-electron chi connectivity index (χ2n) is 7.34. The zero-order valence-electron chi connectivity index (χ0n) is 16.9. The summed E-state index contributed by atoms with van der Waals surface area (Å²) in [5.41, 5.74) is 5.70. The Balaban J connectivity index is 1.71. The van der Waals surface area contributed by atoms with Crippen molar-refractivity contribution in [3.05, 3.63) is 35.4 Å². The Labute approximate surface area is 185 Å². The van der Waals surface area contributed by atoms with Gasteiger partial charge in [0.15, 0.2) is 17.3 Å². The Morgan fingerprint density at radius 1 is 1.45 bits per heavy atom. The lowest BCUT2D eigenvalue weighted by atomic mass is 9.86. The molecule has 2 atom stereocenters. The van der Waals surface area contributed by atoms with Crippen LogP contribution in [0.3, 0.4) is 0 Å². The van der Waals surface area contributed by atoms with Gasteiger partial charge in [0.1, 0.15) is 5.56 Å². The van der Waals surface area contributed by atoms with Crippen molar-refractivity contribution in [3.63, 3.8) is 0 Å². The van der Waals surface area contributed by atoms with Crippen molar-refractivity contribution < 1.29 is 37.1 Å². The Morgan fingerprint density at radius 2 is 2.24 bits per heavy atom. The highest BCUT2D eigenvalue weighted by Crippen LogP contribution is 2.41. The molecule has 172 valence electrons. The number of hydrogen-bond acceptors (Lipinski definition) is 8. The fourth-order valence-electron chi connectivity index (χ4n) is 3.60. The van der Waals surface area contributed by atoms with E-state index in [0.29, 0.717) is 13.0 Å².